The molecular formula is C20H18N4O4. The number of pyridine rings is 1. The molecule has 0 bridgehead atoms. The average Bonchev–Trinajstić information content (AvgIpc) is 3.14. The number of hydrogen-bond acceptors (Lipinski definition) is 5. The van der Waals surface area contributed by atoms with Crippen LogP contribution in [0.3, 0.4) is 0 Å². The second-order valence-corrected chi connectivity index (χ2v) is 6.68. The standard InChI is InChI=1S/C20H18N4O4/c1-11(16-9-12-6-4-5-7-15(12)28-16)22-18(25)13-8-14-17(21-10-13)23(2)20(27)24(3)19(14)26/h4-11H,1-3H3,(H,22,25)/t11-/m1/s1. The molecule has 28 heavy (non-hydrogen) atoms. The first-order valence-corrected chi connectivity index (χ1v) is 8.72. The summed E-state index contributed by atoms with van der Waals surface area (Å²) in [6.45, 7) is 1.81. The van der Waals surface area contributed by atoms with E-state index in [1.807, 2.05) is 37.3 Å². The zero-order valence-electron chi connectivity index (χ0n) is 15.6. The monoisotopic (exact) mass is 378 g/mol. The lowest BCUT2D eigenvalue weighted by molar-refractivity contribution is 0.0935. The smallest absolute Gasteiger partial charge is 0.332 e. The fourth-order valence-electron chi connectivity index (χ4n) is 3.16. The Bertz CT molecular complexity index is 1310. The summed E-state index contributed by atoms with van der Waals surface area (Å²) in [7, 11) is 2.92. The summed E-state index contributed by atoms with van der Waals surface area (Å²) in [5, 5.41) is 4.00. The van der Waals surface area contributed by atoms with Gasteiger partial charge in [-0.3, -0.25) is 18.7 Å². The number of hydrogen-bond donors (Lipinski definition) is 1. The van der Waals surface area contributed by atoms with E-state index in [9.17, 15) is 14.4 Å². The van der Waals surface area contributed by atoms with E-state index in [1.165, 1.54) is 30.9 Å². The van der Waals surface area contributed by atoms with Crippen LogP contribution >= 0.6 is 0 Å². The Morgan fingerprint density at radius 1 is 1.14 bits per heavy atom. The van der Waals surface area contributed by atoms with E-state index in [1.54, 1.807) is 0 Å². The normalized spacial score (nSPS) is 12.4. The first-order chi connectivity index (χ1) is 13.4. The first-order valence-electron chi connectivity index (χ1n) is 8.72. The third-order valence-corrected chi connectivity index (χ3v) is 4.77. The van der Waals surface area contributed by atoms with Crippen molar-refractivity contribution in [2.45, 2.75) is 13.0 Å². The third-order valence-electron chi connectivity index (χ3n) is 4.77. The fraction of sp³-hybridized carbons (Fsp3) is 0.200. The number of nitrogens with one attached hydrogen (secondary N) is 1. The Hall–Kier alpha value is -3.68. The van der Waals surface area contributed by atoms with Gasteiger partial charge in [-0.1, -0.05) is 18.2 Å². The van der Waals surface area contributed by atoms with Crippen molar-refractivity contribution in [2.24, 2.45) is 14.1 Å². The molecule has 0 aliphatic carbocycles. The molecule has 1 aromatic carbocycles. The van der Waals surface area contributed by atoms with E-state index in [0.29, 0.717) is 5.76 Å². The van der Waals surface area contributed by atoms with Crippen molar-refractivity contribution in [3.8, 4) is 0 Å². The molecule has 0 aliphatic rings. The van der Waals surface area contributed by atoms with E-state index in [-0.39, 0.29) is 22.6 Å². The topological polar surface area (TPSA) is 99.1 Å². The van der Waals surface area contributed by atoms with Crippen molar-refractivity contribution >= 4 is 27.9 Å². The molecule has 1 atom stereocenters. The number of carbonyl (C=O) groups excluding carboxylic acids is 1. The Balaban J connectivity index is 1.67. The quantitative estimate of drug-likeness (QED) is 0.587. The number of aromatic nitrogens is 3. The number of carbonyl (C=O) groups is 1. The van der Waals surface area contributed by atoms with Crippen molar-refractivity contribution in [3.63, 3.8) is 0 Å². The fourth-order valence-corrected chi connectivity index (χ4v) is 3.16. The minimum atomic E-state index is -0.495. The third kappa shape index (κ3) is 2.79. The van der Waals surface area contributed by atoms with Gasteiger partial charge >= 0.3 is 5.69 Å². The highest BCUT2D eigenvalue weighted by molar-refractivity contribution is 5.97. The second kappa shape index (κ2) is 6.49. The minimum Gasteiger partial charge on any atom is -0.459 e. The number of para-hydroxylation sites is 1. The number of furan rings is 1. The predicted molar refractivity (Wildman–Crippen MR) is 104 cm³/mol. The van der Waals surface area contributed by atoms with E-state index in [0.717, 1.165) is 15.5 Å². The number of aryl methyl sites for hydroxylation is 1. The van der Waals surface area contributed by atoms with Crippen molar-refractivity contribution in [3.05, 3.63) is 74.8 Å². The Morgan fingerprint density at radius 2 is 1.89 bits per heavy atom. The van der Waals surface area contributed by atoms with E-state index >= 15 is 0 Å². The van der Waals surface area contributed by atoms with Gasteiger partial charge in [0.05, 0.1) is 17.0 Å². The Kier molecular flexibility index (Phi) is 4.11. The molecule has 4 rings (SSSR count). The Labute approximate surface area is 159 Å². The van der Waals surface area contributed by atoms with Crippen molar-refractivity contribution in [2.75, 3.05) is 0 Å². The summed E-state index contributed by atoms with van der Waals surface area (Å²) in [5.74, 6) is 0.236. The lowest BCUT2D eigenvalue weighted by atomic mass is 10.2. The molecule has 0 saturated carbocycles. The molecular weight excluding hydrogens is 360 g/mol. The van der Waals surface area contributed by atoms with Gasteiger partial charge < -0.3 is 9.73 Å². The van der Waals surface area contributed by atoms with Crippen LogP contribution in [0.25, 0.3) is 22.0 Å². The molecule has 0 unspecified atom stereocenters. The van der Waals surface area contributed by atoms with Crippen LogP contribution < -0.4 is 16.6 Å². The van der Waals surface area contributed by atoms with Crippen LogP contribution in [0.4, 0.5) is 0 Å². The highest BCUT2D eigenvalue weighted by atomic mass is 16.3. The SMILES string of the molecule is C[C@@H](NC(=O)c1cnc2c(c1)c(=O)n(C)c(=O)n2C)c1cc2ccccc2o1. The van der Waals surface area contributed by atoms with Crippen molar-refractivity contribution < 1.29 is 9.21 Å². The Morgan fingerprint density at radius 3 is 2.64 bits per heavy atom. The molecule has 4 aromatic rings. The molecule has 8 heteroatoms. The first kappa shape index (κ1) is 17.7. The molecule has 1 amide bonds. The van der Waals surface area contributed by atoms with Gasteiger partial charge in [-0.15, -0.1) is 0 Å². The molecule has 0 aliphatic heterocycles. The molecule has 3 aromatic heterocycles. The minimum absolute atomic E-state index is 0.202. The van der Waals surface area contributed by atoms with Gasteiger partial charge in [-0.05, 0) is 25.1 Å². The molecule has 3 heterocycles. The van der Waals surface area contributed by atoms with Gasteiger partial charge in [0.15, 0.2) is 0 Å². The van der Waals surface area contributed by atoms with E-state index in [4.69, 9.17) is 4.42 Å². The molecule has 0 radical (unpaired) electrons. The predicted octanol–water partition coefficient (Wildman–Crippen LogP) is 1.87. The van der Waals surface area contributed by atoms with Crippen molar-refractivity contribution in [1.29, 1.82) is 0 Å². The molecule has 1 N–H and O–H groups in total. The number of nitrogens with zero attached hydrogens (tertiary/aromatic N) is 3. The van der Waals surface area contributed by atoms with Crippen molar-refractivity contribution in [1.82, 2.24) is 19.4 Å². The number of fused-ring (bicyclic) bond motifs is 2. The summed E-state index contributed by atoms with van der Waals surface area (Å²) in [4.78, 5) is 41.2. The molecule has 0 fully saturated rings. The van der Waals surface area contributed by atoms with Gasteiger partial charge in [0.1, 0.15) is 17.0 Å². The largest absolute Gasteiger partial charge is 0.459 e. The van der Waals surface area contributed by atoms with Crippen LogP contribution in [-0.2, 0) is 14.1 Å². The van der Waals surface area contributed by atoms with Gasteiger partial charge in [-0.2, -0.15) is 0 Å². The van der Waals surface area contributed by atoms with E-state index in [2.05, 4.69) is 10.3 Å². The van der Waals surface area contributed by atoms with Crippen LogP contribution in [-0.4, -0.2) is 20.0 Å². The number of rotatable bonds is 3. The molecule has 8 nitrogen and oxygen atoms in total. The lowest BCUT2D eigenvalue weighted by Gasteiger charge is -2.12. The van der Waals surface area contributed by atoms with Gasteiger partial charge in [0.2, 0.25) is 0 Å². The molecule has 0 spiro atoms. The highest BCUT2D eigenvalue weighted by Crippen LogP contribution is 2.23. The average molecular weight is 378 g/mol. The maximum atomic E-state index is 12.7. The lowest BCUT2D eigenvalue weighted by Crippen LogP contribution is -2.37. The van der Waals surface area contributed by atoms with E-state index < -0.39 is 17.2 Å². The van der Waals surface area contributed by atoms with Crippen LogP contribution in [0.2, 0.25) is 0 Å². The highest BCUT2D eigenvalue weighted by Gasteiger charge is 2.17. The van der Waals surface area contributed by atoms with Gasteiger partial charge in [0, 0.05) is 25.7 Å². The number of benzene rings is 1. The zero-order chi connectivity index (χ0) is 20.0. The second-order valence-electron chi connectivity index (χ2n) is 6.68. The summed E-state index contributed by atoms with van der Waals surface area (Å²) >= 11 is 0. The van der Waals surface area contributed by atoms with Gasteiger partial charge in [0.25, 0.3) is 11.5 Å². The maximum absolute atomic E-state index is 12.7. The maximum Gasteiger partial charge on any atom is 0.332 e. The van der Waals surface area contributed by atoms with Gasteiger partial charge in [-0.25, -0.2) is 9.78 Å². The summed E-state index contributed by atoms with van der Waals surface area (Å²) in [6.07, 6.45) is 1.35. The molecule has 142 valence electrons. The summed E-state index contributed by atoms with van der Waals surface area (Å²) < 4.78 is 8.04. The summed E-state index contributed by atoms with van der Waals surface area (Å²) in [6, 6.07) is 10.5. The van der Waals surface area contributed by atoms with Crippen LogP contribution in [0.15, 0.2) is 56.6 Å². The summed E-state index contributed by atoms with van der Waals surface area (Å²) in [5.41, 5.74) is 0.239. The zero-order valence-corrected chi connectivity index (χ0v) is 15.6. The van der Waals surface area contributed by atoms with Crippen LogP contribution in [0, 0.1) is 0 Å². The number of amides is 1. The van der Waals surface area contributed by atoms with Crippen LogP contribution in [0.5, 0.6) is 0 Å². The van der Waals surface area contributed by atoms with Crippen LogP contribution in [0.1, 0.15) is 29.1 Å². The molecule has 0 saturated heterocycles.